The minimum absolute atomic E-state index is 0.180. The molecule has 46 heavy (non-hydrogen) atoms. The van der Waals surface area contributed by atoms with Crippen LogP contribution in [-0.4, -0.2) is 102 Å². The van der Waals surface area contributed by atoms with Crippen molar-refractivity contribution in [1.82, 2.24) is 31.1 Å². The molecule has 0 bridgehead atoms. The third kappa shape index (κ3) is 10.5. The lowest BCUT2D eigenvalue weighted by atomic mass is 9.98. The number of amides is 5. The number of nitrogens with zero attached hydrogens (tertiary/aromatic N) is 2. The summed E-state index contributed by atoms with van der Waals surface area (Å²) in [6.45, 7) is 11.2. The average molecular weight is 635 g/mol. The van der Waals surface area contributed by atoms with Crippen LogP contribution in [-0.2, 0) is 30.4 Å². The minimum atomic E-state index is -1.19. The monoisotopic (exact) mass is 634 g/mol. The van der Waals surface area contributed by atoms with Gasteiger partial charge >= 0.3 is 0 Å². The smallest absolute Gasteiger partial charge is 0.290 e. The first-order valence-electron chi connectivity index (χ1n) is 15.7. The maximum Gasteiger partial charge on any atom is 0.290 e. The summed E-state index contributed by atoms with van der Waals surface area (Å²) < 4.78 is 0. The van der Waals surface area contributed by atoms with Crippen LogP contribution in [0.15, 0.2) is 60.7 Å². The lowest BCUT2D eigenvalue weighted by Crippen LogP contribution is -2.57. The Morgan fingerprint density at radius 1 is 0.717 bits per heavy atom. The largest absolute Gasteiger partial charge is 0.344 e. The highest BCUT2D eigenvalue weighted by molar-refractivity contribution is 6.38. The number of benzene rings is 2. The van der Waals surface area contributed by atoms with Gasteiger partial charge in [0.05, 0.1) is 12.6 Å². The molecule has 2 aromatic rings. The topological polar surface area (TPSA) is 157 Å². The van der Waals surface area contributed by atoms with Gasteiger partial charge in [0.2, 0.25) is 23.5 Å². The van der Waals surface area contributed by atoms with E-state index < -0.39 is 53.5 Å². The summed E-state index contributed by atoms with van der Waals surface area (Å²) in [5.74, 6) is -4.32. The van der Waals surface area contributed by atoms with E-state index in [0.29, 0.717) is 24.7 Å². The molecule has 1 aliphatic heterocycles. The zero-order valence-corrected chi connectivity index (χ0v) is 27.2. The molecule has 3 atom stereocenters. The first-order chi connectivity index (χ1) is 21.9. The third-order valence-corrected chi connectivity index (χ3v) is 7.96. The van der Waals surface area contributed by atoms with E-state index in [-0.39, 0.29) is 18.9 Å². The number of hydrogen-bond acceptors (Lipinski definition) is 7. The quantitative estimate of drug-likeness (QED) is 0.225. The molecule has 1 unspecified atom stereocenters. The van der Waals surface area contributed by atoms with Gasteiger partial charge in [-0.25, -0.2) is 0 Å². The minimum Gasteiger partial charge on any atom is -0.344 e. The molecule has 12 nitrogen and oxygen atoms in total. The number of carbonyl (C=O) groups excluding carboxylic acids is 6. The Labute approximate surface area is 270 Å². The van der Waals surface area contributed by atoms with Crippen molar-refractivity contribution in [3.8, 4) is 0 Å². The van der Waals surface area contributed by atoms with E-state index >= 15 is 0 Å². The number of ketones is 1. The van der Waals surface area contributed by atoms with Crippen LogP contribution in [0.25, 0.3) is 0 Å². The zero-order valence-electron chi connectivity index (χ0n) is 27.2. The van der Waals surface area contributed by atoms with Crippen molar-refractivity contribution in [1.29, 1.82) is 0 Å². The normalized spacial score (nSPS) is 15.4. The maximum atomic E-state index is 13.3. The first kappa shape index (κ1) is 35.9. The summed E-state index contributed by atoms with van der Waals surface area (Å²) in [4.78, 5) is 81.7. The molecule has 0 aliphatic carbocycles. The zero-order chi connectivity index (χ0) is 33.8. The molecule has 248 valence electrons. The van der Waals surface area contributed by atoms with Crippen molar-refractivity contribution >= 4 is 35.3 Å². The summed E-state index contributed by atoms with van der Waals surface area (Å²) in [6, 6.07) is 14.7. The molecular formula is C34H46N6O6. The molecule has 5 amide bonds. The highest BCUT2D eigenvalue weighted by Gasteiger charge is 2.33. The van der Waals surface area contributed by atoms with Crippen LogP contribution in [0.3, 0.4) is 0 Å². The molecule has 2 aromatic carbocycles. The number of piperazine rings is 1. The van der Waals surface area contributed by atoms with Gasteiger partial charge in [0.15, 0.2) is 0 Å². The van der Waals surface area contributed by atoms with Gasteiger partial charge in [-0.1, -0.05) is 62.4 Å². The third-order valence-electron chi connectivity index (χ3n) is 7.96. The summed E-state index contributed by atoms with van der Waals surface area (Å²) in [6.07, 6.45) is 0.180. The molecule has 4 N–H and O–H groups in total. The molecule has 12 heteroatoms. The van der Waals surface area contributed by atoms with E-state index in [1.54, 1.807) is 49.1 Å². The summed E-state index contributed by atoms with van der Waals surface area (Å²) in [7, 11) is 0. The van der Waals surface area contributed by atoms with Gasteiger partial charge in [0.25, 0.3) is 11.8 Å². The standard InChI is InChI=1S/C34H46N6O6/c1-22(2)29(30(42)34(46)35-21-28(41)40-18-16-39(17-19-40)23(3)4)38-31(43)24(5)36-33(45)27(20-25-12-8-6-9-13-25)37-32(44)26-14-10-7-11-15-26/h6-15,22-24,27,29H,16-21H2,1-5H3,(H,35,46)(H,36,45)(H,37,44)(H,38,43)/t24?,27-,29-/m0/s1. The Hall–Kier alpha value is -4.58. The Kier molecular flexibility index (Phi) is 13.4. The summed E-state index contributed by atoms with van der Waals surface area (Å²) >= 11 is 0. The second kappa shape index (κ2) is 17.2. The lowest BCUT2D eigenvalue weighted by Gasteiger charge is -2.37. The average Bonchev–Trinajstić information content (AvgIpc) is 3.05. The maximum absolute atomic E-state index is 13.3. The van der Waals surface area contributed by atoms with Crippen molar-refractivity contribution in [2.75, 3.05) is 32.7 Å². The fourth-order valence-electron chi connectivity index (χ4n) is 5.07. The van der Waals surface area contributed by atoms with E-state index in [0.717, 1.165) is 18.7 Å². The van der Waals surface area contributed by atoms with Crippen molar-refractivity contribution in [3.63, 3.8) is 0 Å². The summed E-state index contributed by atoms with van der Waals surface area (Å²) in [5, 5.41) is 10.3. The molecule has 1 heterocycles. The molecule has 1 fully saturated rings. The van der Waals surface area contributed by atoms with Crippen molar-refractivity contribution in [2.24, 2.45) is 5.92 Å². The van der Waals surface area contributed by atoms with E-state index in [9.17, 15) is 28.8 Å². The van der Waals surface area contributed by atoms with E-state index in [1.807, 2.05) is 30.3 Å². The SMILES string of the molecule is CC(NC(=O)[C@H](Cc1ccccc1)NC(=O)c1ccccc1)C(=O)N[C@H](C(=O)C(=O)NCC(=O)N1CCN(C(C)C)CC1)C(C)C. The van der Waals surface area contributed by atoms with Gasteiger partial charge in [-0.2, -0.15) is 0 Å². The fraction of sp³-hybridized carbons (Fsp3) is 0.471. The second-order valence-electron chi connectivity index (χ2n) is 12.1. The number of rotatable bonds is 14. The van der Waals surface area contributed by atoms with Crippen molar-refractivity contribution < 1.29 is 28.8 Å². The number of Topliss-reactive ketones (excluding diaryl/α,β-unsaturated/α-hetero) is 1. The Balaban J connectivity index is 1.58. The first-order valence-corrected chi connectivity index (χ1v) is 15.7. The Morgan fingerprint density at radius 3 is 1.87 bits per heavy atom. The van der Waals surface area contributed by atoms with Gasteiger partial charge in [0, 0.05) is 44.2 Å². The van der Waals surface area contributed by atoms with Crippen LogP contribution < -0.4 is 21.3 Å². The Bertz CT molecular complexity index is 1360. The van der Waals surface area contributed by atoms with Gasteiger partial charge < -0.3 is 26.2 Å². The predicted molar refractivity (Wildman–Crippen MR) is 174 cm³/mol. The van der Waals surface area contributed by atoms with Crippen LogP contribution in [0.2, 0.25) is 0 Å². The highest BCUT2D eigenvalue weighted by Crippen LogP contribution is 2.09. The molecule has 0 spiro atoms. The van der Waals surface area contributed by atoms with E-state index in [1.165, 1.54) is 6.92 Å². The molecule has 1 aliphatic rings. The van der Waals surface area contributed by atoms with E-state index in [4.69, 9.17) is 0 Å². The van der Waals surface area contributed by atoms with E-state index in [2.05, 4.69) is 40.0 Å². The van der Waals surface area contributed by atoms with Crippen LogP contribution in [0.1, 0.15) is 50.5 Å². The van der Waals surface area contributed by atoms with Crippen molar-refractivity contribution in [2.45, 2.75) is 65.2 Å². The molecule has 0 radical (unpaired) electrons. The van der Waals surface area contributed by atoms with Crippen LogP contribution >= 0.6 is 0 Å². The number of nitrogens with one attached hydrogen (secondary N) is 4. The molecule has 1 saturated heterocycles. The molecular weight excluding hydrogens is 588 g/mol. The summed E-state index contributed by atoms with van der Waals surface area (Å²) in [5.41, 5.74) is 1.19. The highest BCUT2D eigenvalue weighted by atomic mass is 16.2. The fourth-order valence-corrected chi connectivity index (χ4v) is 5.07. The van der Waals surface area contributed by atoms with Gasteiger partial charge in [-0.3, -0.25) is 33.7 Å². The van der Waals surface area contributed by atoms with Gasteiger partial charge in [-0.05, 0) is 44.4 Å². The van der Waals surface area contributed by atoms with Gasteiger partial charge in [-0.15, -0.1) is 0 Å². The van der Waals surface area contributed by atoms with Crippen LogP contribution in [0, 0.1) is 5.92 Å². The lowest BCUT2D eigenvalue weighted by molar-refractivity contribution is -0.142. The predicted octanol–water partition coefficient (Wildman–Crippen LogP) is 0.911. The Morgan fingerprint density at radius 2 is 1.30 bits per heavy atom. The van der Waals surface area contributed by atoms with Crippen molar-refractivity contribution in [3.05, 3.63) is 71.8 Å². The van der Waals surface area contributed by atoms with Crippen LogP contribution in [0.4, 0.5) is 0 Å². The molecule has 0 aromatic heterocycles. The number of carbonyl (C=O) groups is 6. The van der Waals surface area contributed by atoms with Gasteiger partial charge in [0.1, 0.15) is 12.1 Å². The number of hydrogen-bond donors (Lipinski definition) is 4. The molecule has 0 saturated carbocycles. The molecule has 3 rings (SSSR count). The van der Waals surface area contributed by atoms with Crippen LogP contribution in [0.5, 0.6) is 0 Å². The second-order valence-corrected chi connectivity index (χ2v) is 12.1.